The van der Waals surface area contributed by atoms with Crippen molar-refractivity contribution in [2.75, 3.05) is 6.54 Å². The Balaban J connectivity index is 1.93. The number of hydrogen-bond donors (Lipinski definition) is 1. The number of nitrogens with one attached hydrogen (secondary N) is 1. The number of rotatable bonds is 6. The van der Waals surface area contributed by atoms with Crippen molar-refractivity contribution in [1.82, 2.24) is 5.32 Å². The van der Waals surface area contributed by atoms with Crippen LogP contribution in [0.5, 0.6) is 0 Å². The van der Waals surface area contributed by atoms with Gasteiger partial charge in [0.25, 0.3) is 0 Å². The SMILES string of the molecule is CC(C)(C)CCC(CNC1CC1)c1ccccc1. The molecule has 0 aromatic heterocycles. The Bertz CT molecular complexity index is 346. The van der Waals surface area contributed by atoms with Crippen molar-refractivity contribution in [1.29, 1.82) is 0 Å². The van der Waals surface area contributed by atoms with Crippen LogP contribution in [0.4, 0.5) is 0 Å². The highest BCUT2D eigenvalue weighted by Gasteiger charge is 2.23. The van der Waals surface area contributed by atoms with Crippen molar-refractivity contribution in [3.05, 3.63) is 35.9 Å². The summed E-state index contributed by atoms with van der Waals surface area (Å²) in [6.07, 6.45) is 5.33. The average Bonchev–Trinajstić information content (AvgIpc) is 3.13. The lowest BCUT2D eigenvalue weighted by Crippen LogP contribution is -2.24. The molecule has 1 nitrogen and oxygen atoms in total. The zero-order valence-corrected chi connectivity index (χ0v) is 12.1. The molecule has 0 aliphatic heterocycles. The lowest BCUT2D eigenvalue weighted by Gasteiger charge is -2.24. The maximum absolute atomic E-state index is 3.69. The second kappa shape index (κ2) is 5.88. The minimum absolute atomic E-state index is 0.437. The molecule has 0 radical (unpaired) electrons. The van der Waals surface area contributed by atoms with Gasteiger partial charge in [0, 0.05) is 12.6 Å². The molecule has 0 bridgehead atoms. The Morgan fingerprint density at radius 3 is 2.39 bits per heavy atom. The van der Waals surface area contributed by atoms with Gasteiger partial charge in [-0.3, -0.25) is 0 Å². The van der Waals surface area contributed by atoms with Crippen LogP contribution in [0.1, 0.15) is 57.9 Å². The monoisotopic (exact) mass is 245 g/mol. The maximum atomic E-state index is 3.69. The lowest BCUT2D eigenvalue weighted by molar-refractivity contribution is 0.344. The van der Waals surface area contributed by atoms with Crippen molar-refractivity contribution >= 4 is 0 Å². The summed E-state index contributed by atoms with van der Waals surface area (Å²) in [5.74, 6) is 0.672. The molecule has 1 atom stereocenters. The van der Waals surface area contributed by atoms with E-state index in [2.05, 4.69) is 56.4 Å². The molecule has 1 aliphatic carbocycles. The van der Waals surface area contributed by atoms with Crippen LogP contribution in [0.25, 0.3) is 0 Å². The summed E-state index contributed by atoms with van der Waals surface area (Å²) >= 11 is 0. The minimum Gasteiger partial charge on any atom is -0.313 e. The zero-order valence-electron chi connectivity index (χ0n) is 12.1. The highest BCUT2D eigenvalue weighted by atomic mass is 14.9. The van der Waals surface area contributed by atoms with E-state index in [4.69, 9.17) is 0 Å². The molecule has 2 rings (SSSR count). The fraction of sp³-hybridized carbons (Fsp3) is 0.647. The molecule has 100 valence electrons. The highest BCUT2D eigenvalue weighted by molar-refractivity contribution is 5.20. The van der Waals surface area contributed by atoms with Crippen molar-refractivity contribution in [3.8, 4) is 0 Å². The van der Waals surface area contributed by atoms with Crippen LogP contribution in [0.3, 0.4) is 0 Å². The first-order chi connectivity index (χ1) is 8.54. The Morgan fingerprint density at radius 1 is 1.17 bits per heavy atom. The molecule has 0 heterocycles. The molecule has 1 aliphatic rings. The Kier molecular flexibility index (Phi) is 4.45. The van der Waals surface area contributed by atoms with Crippen LogP contribution in [0.2, 0.25) is 0 Å². The van der Waals surface area contributed by atoms with E-state index >= 15 is 0 Å². The smallest absolute Gasteiger partial charge is 0.00684 e. The summed E-state index contributed by atoms with van der Waals surface area (Å²) in [6.45, 7) is 8.15. The van der Waals surface area contributed by atoms with Crippen LogP contribution in [-0.4, -0.2) is 12.6 Å². The minimum atomic E-state index is 0.437. The van der Waals surface area contributed by atoms with Crippen LogP contribution in [-0.2, 0) is 0 Å². The van der Waals surface area contributed by atoms with Gasteiger partial charge in [-0.15, -0.1) is 0 Å². The molecular weight excluding hydrogens is 218 g/mol. The molecule has 1 aromatic rings. The molecule has 0 amide bonds. The third kappa shape index (κ3) is 4.81. The fourth-order valence-corrected chi connectivity index (χ4v) is 2.32. The van der Waals surface area contributed by atoms with Crippen LogP contribution >= 0.6 is 0 Å². The third-order valence-corrected chi connectivity index (χ3v) is 3.74. The number of benzene rings is 1. The predicted octanol–water partition coefficient (Wildman–Crippen LogP) is 4.35. The highest BCUT2D eigenvalue weighted by Crippen LogP contribution is 2.29. The van der Waals surface area contributed by atoms with Crippen molar-refractivity contribution in [3.63, 3.8) is 0 Å². The van der Waals surface area contributed by atoms with Gasteiger partial charge in [-0.05, 0) is 42.6 Å². The largest absolute Gasteiger partial charge is 0.313 e. The quantitative estimate of drug-likeness (QED) is 0.785. The molecule has 1 aromatic carbocycles. The zero-order chi connectivity index (χ0) is 13.0. The molecule has 1 saturated carbocycles. The summed E-state index contributed by atoms with van der Waals surface area (Å²) in [7, 11) is 0. The van der Waals surface area contributed by atoms with E-state index in [-0.39, 0.29) is 0 Å². The van der Waals surface area contributed by atoms with Gasteiger partial charge >= 0.3 is 0 Å². The van der Waals surface area contributed by atoms with Crippen molar-refractivity contribution in [2.45, 2.75) is 58.4 Å². The predicted molar refractivity (Wildman–Crippen MR) is 78.9 cm³/mol. The molecule has 1 heteroatoms. The van der Waals surface area contributed by atoms with Crippen molar-refractivity contribution < 1.29 is 0 Å². The Labute approximate surface area is 112 Å². The van der Waals surface area contributed by atoms with Gasteiger partial charge in [-0.25, -0.2) is 0 Å². The molecule has 1 fully saturated rings. The summed E-state index contributed by atoms with van der Waals surface area (Å²) in [6, 6.07) is 11.8. The third-order valence-electron chi connectivity index (χ3n) is 3.74. The molecular formula is C17H27N. The van der Waals surface area contributed by atoms with E-state index in [1.54, 1.807) is 0 Å². The first kappa shape index (κ1) is 13.6. The van der Waals surface area contributed by atoms with Gasteiger partial charge in [-0.2, -0.15) is 0 Å². The van der Waals surface area contributed by atoms with E-state index in [1.165, 1.54) is 31.2 Å². The molecule has 18 heavy (non-hydrogen) atoms. The summed E-state index contributed by atoms with van der Waals surface area (Å²) in [5.41, 5.74) is 1.93. The summed E-state index contributed by atoms with van der Waals surface area (Å²) < 4.78 is 0. The van der Waals surface area contributed by atoms with Gasteiger partial charge < -0.3 is 5.32 Å². The van der Waals surface area contributed by atoms with E-state index in [0.717, 1.165) is 12.6 Å². The molecule has 0 spiro atoms. The normalized spacial score (nSPS) is 17.7. The first-order valence-corrected chi connectivity index (χ1v) is 7.33. The van der Waals surface area contributed by atoms with Gasteiger partial charge in [0.15, 0.2) is 0 Å². The van der Waals surface area contributed by atoms with E-state index < -0.39 is 0 Å². The van der Waals surface area contributed by atoms with E-state index in [1.807, 2.05) is 0 Å². The van der Waals surface area contributed by atoms with Gasteiger partial charge in [0.2, 0.25) is 0 Å². The Hall–Kier alpha value is -0.820. The van der Waals surface area contributed by atoms with E-state index in [9.17, 15) is 0 Å². The average molecular weight is 245 g/mol. The second-order valence-corrected chi connectivity index (χ2v) is 6.89. The van der Waals surface area contributed by atoms with Crippen molar-refractivity contribution in [2.24, 2.45) is 5.41 Å². The van der Waals surface area contributed by atoms with Gasteiger partial charge in [0.05, 0.1) is 0 Å². The summed E-state index contributed by atoms with van der Waals surface area (Å²) in [5, 5.41) is 3.69. The van der Waals surface area contributed by atoms with Crippen LogP contribution in [0, 0.1) is 5.41 Å². The summed E-state index contributed by atoms with van der Waals surface area (Å²) in [4.78, 5) is 0. The van der Waals surface area contributed by atoms with E-state index in [0.29, 0.717) is 11.3 Å². The molecule has 1 unspecified atom stereocenters. The topological polar surface area (TPSA) is 12.0 Å². The maximum Gasteiger partial charge on any atom is 0.00684 e. The van der Waals surface area contributed by atoms with Crippen LogP contribution in [0.15, 0.2) is 30.3 Å². The number of hydrogen-bond acceptors (Lipinski definition) is 1. The first-order valence-electron chi connectivity index (χ1n) is 7.33. The fourth-order valence-electron chi connectivity index (χ4n) is 2.32. The molecule has 1 N–H and O–H groups in total. The van der Waals surface area contributed by atoms with Gasteiger partial charge in [0.1, 0.15) is 0 Å². The molecule has 0 saturated heterocycles. The second-order valence-electron chi connectivity index (χ2n) is 6.89. The van der Waals surface area contributed by atoms with Gasteiger partial charge in [-0.1, -0.05) is 51.1 Å². The Morgan fingerprint density at radius 2 is 1.83 bits per heavy atom. The lowest BCUT2D eigenvalue weighted by atomic mass is 9.84. The van der Waals surface area contributed by atoms with Crippen LogP contribution < -0.4 is 5.32 Å². The standard InChI is InChI=1S/C17H27N/c1-17(2,3)12-11-15(13-18-16-9-10-16)14-7-5-4-6-8-14/h4-8,15-16,18H,9-13H2,1-3H3.